The van der Waals surface area contributed by atoms with Crippen molar-refractivity contribution in [1.29, 1.82) is 0 Å². The first-order valence-corrected chi connectivity index (χ1v) is 9.10. The summed E-state index contributed by atoms with van der Waals surface area (Å²) < 4.78 is 5.36. The van der Waals surface area contributed by atoms with Crippen molar-refractivity contribution in [3.8, 4) is 5.75 Å². The van der Waals surface area contributed by atoms with E-state index in [1.807, 2.05) is 19.1 Å². The van der Waals surface area contributed by atoms with E-state index in [9.17, 15) is 14.4 Å². The molecule has 0 saturated carbocycles. The van der Waals surface area contributed by atoms with E-state index < -0.39 is 17.8 Å². The SMILES string of the molecule is Cc1ccccc1C(=O)Oc1ccc(/C=N/NC(=O)C(=O)Nc2ccccc2)cc1. The summed E-state index contributed by atoms with van der Waals surface area (Å²) in [6, 6.07) is 22.4. The summed E-state index contributed by atoms with van der Waals surface area (Å²) in [5.74, 6) is -1.77. The predicted molar refractivity (Wildman–Crippen MR) is 113 cm³/mol. The summed E-state index contributed by atoms with van der Waals surface area (Å²) >= 11 is 0. The van der Waals surface area contributed by atoms with Crippen LogP contribution >= 0.6 is 0 Å². The van der Waals surface area contributed by atoms with E-state index in [-0.39, 0.29) is 0 Å². The molecule has 30 heavy (non-hydrogen) atoms. The lowest BCUT2D eigenvalue weighted by Gasteiger charge is -2.06. The fraction of sp³-hybridized carbons (Fsp3) is 0.0435. The van der Waals surface area contributed by atoms with Crippen molar-refractivity contribution in [1.82, 2.24) is 5.43 Å². The van der Waals surface area contributed by atoms with Crippen LogP contribution in [0, 0.1) is 6.92 Å². The molecule has 0 heterocycles. The number of nitrogens with zero attached hydrogens (tertiary/aromatic N) is 1. The third kappa shape index (κ3) is 5.62. The molecule has 2 amide bonds. The molecule has 0 aliphatic carbocycles. The minimum absolute atomic E-state index is 0.381. The number of hydrogen-bond acceptors (Lipinski definition) is 5. The van der Waals surface area contributed by atoms with Crippen LogP contribution in [0.1, 0.15) is 21.5 Å². The van der Waals surface area contributed by atoms with E-state index in [2.05, 4.69) is 15.8 Å². The van der Waals surface area contributed by atoms with Crippen molar-refractivity contribution in [3.63, 3.8) is 0 Å². The van der Waals surface area contributed by atoms with Gasteiger partial charge in [-0.25, -0.2) is 10.2 Å². The molecule has 0 fully saturated rings. The highest BCUT2D eigenvalue weighted by atomic mass is 16.5. The van der Waals surface area contributed by atoms with Gasteiger partial charge in [-0.15, -0.1) is 0 Å². The standard InChI is InChI=1S/C23H19N3O4/c1-16-7-5-6-10-20(16)23(29)30-19-13-11-17(12-14-19)15-24-26-22(28)21(27)25-18-8-3-2-4-9-18/h2-15H,1H3,(H,25,27)(H,26,28)/b24-15+. The van der Waals surface area contributed by atoms with Crippen LogP contribution < -0.4 is 15.5 Å². The smallest absolute Gasteiger partial charge is 0.343 e. The first kappa shape index (κ1) is 20.5. The molecule has 7 heteroatoms. The van der Waals surface area contributed by atoms with E-state index in [4.69, 9.17) is 4.74 Å². The van der Waals surface area contributed by atoms with Crippen LogP contribution in [0.4, 0.5) is 5.69 Å². The summed E-state index contributed by atoms with van der Waals surface area (Å²) in [5, 5.41) is 6.22. The fourth-order valence-electron chi connectivity index (χ4n) is 2.51. The minimum Gasteiger partial charge on any atom is -0.423 e. The number of nitrogens with one attached hydrogen (secondary N) is 2. The van der Waals surface area contributed by atoms with Crippen LogP contribution in [-0.2, 0) is 9.59 Å². The topological polar surface area (TPSA) is 96.9 Å². The summed E-state index contributed by atoms with van der Waals surface area (Å²) in [6.45, 7) is 1.84. The maximum absolute atomic E-state index is 12.2. The van der Waals surface area contributed by atoms with E-state index in [1.165, 1.54) is 6.21 Å². The number of hydrazone groups is 1. The van der Waals surface area contributed by atoms with Crippen LogP contribution in [0.2, 0.25) is 0 Å². The van der Waals surface area contributed by atoms with Crippen LogP contribution in [-0.4, -0.2) is 24.0 Å². The number of rotatable bonds is 5. The Labute approximate surface area is 173 Å². The molecule has 150 valence electrons. The second kappa shape index (κ2) is 9.79. The van der Waals surface area contributed by atoms with Gasteiger partial charge in [0, 0.05) is 5.69 Å². The number of ether oxygens (including phenoxy) is 1. The van der Waals surface area contributed by atoms with E-state index >= 15 is 0 Å². The highest BCUT2D eigenvalue weighted by molar-refractivity contribution is 6.39. The Morgan fingerprint density at radius 2 is 1.50 bits per heavy atom. The molecule has 0 radical (unpaired) electrons. The summed E-state index contributed by atoms with van der Waals surface area (Å²) in [5.41, 5.74) is 4.65. The van der Waals surface area contributed by atoms with E-state index in [1.54, 1.807) is 66.7 Å². The predicted octanol–water partition coefficient (Wildman–Crippen LogP) is 3.30. The molecule has 0 unspecified atom stereocenters. The van der Waals surface area contributed by atoms with Gasteiger partial charge in [-0.3, -0.25) is 9.59 Å². The lowest BCUT2D eigenvalue weighted by atomic mass is 10.1. The first-order chi connectivity index (χ1) is 14.5. The normalized spacial score (nSPS) is 10.4. The molecule has 0 saturated heterocycles. The number of carbonyl (C=O) groups is 3. The van der Waals surface area contributed by atoms with Crippen LogP contribution in [0.25, 0.3) is 0 Å². The van der Waals surface area contributed by atoms with Gasteiger partial charge in [0.15, 0.2) is 0 Å². The second-order valence-electron chi connectivity index (χ2n) is 6.29. The molecule has 0 aliphatic rings. The van der Waals surface area contributed by atoms with Crippen LogP contribution in [0.15, 0.2) is 84.0 Å². The third-order valence-electron chi connectivity index (χ3n) is 4.07. The molecule has 7 nitrogen and oxygen atoms in total. The number of hydrogen-bond donors (Lipinski definition) is 2. The molecule has 0 bridgehead atoms. The van der Waals surface area contributed by atoms with Crippen LogP contribution in [0.3, 0.4) is 0 Å². The molecule has 0 aliphatic heterocycles. The number of anilines is 1. The van der Waals surface area contributed by atoms with Crippen molar-refractivity contribution >= 4 is 29.7 Å². The Morgan fingerprint density at radius 3 is 2.20 bits per heavy atom. The third-order valence-corrected chi connectivity index (χ3v) is 4.07. The minimum atomic E-state index is -0.890. The highest BCUT2D eigenvalue weighted by Gasteiger charge is 2.13. The Morgan fingerprint density at radius 1 is 0.833 bits per heavy atom. The molecular formula is C23H19N3O4. The van der Waals surface area contributed by atoms with Gasteiger partial charge in [-0.2, -0.15) is 5.10 Å². The highest BCUT2D eigenvalue weighted by Crippen LogP contribution is 2.15. The Balaban J connectivity index is 1.52. The number of para-hydroxylation sites is 1. The van der Waals surface area contributed by atoms with Crippen molar-refractivity contribution < 1.29 is 19.1 Å². The van der Waals surface area contributed by atoms with Crippen molar-refractivity contribution in [2.45, 2.75) is 6.92 Å². The van der Waals surface area contributed by atoms with Gasteiger partial charge < -0.3 is 10.1 Å². The number of esters is 1. The van der Waals surface area contributed by atoms with Gasteiger partial charge in [0.1, 0.15) is 5.75 Å². The van der Waals surface area contributed by atoms with Gasteiger partial charge >= 0.3 is 17.8 Å². The second-order valence-corrected chi connectivity index (χ2v) is 6.29. The molecule has 0 atom stereocenters. The van der Waals surface area contributed by atoms with E-state index in [0.717, 1.165) is 5.56 Å². The van der Waals surface area contributed by atoms with Gasteiger partial charge in [-0.1, -0.05) is 36.4 Å². The summed E-state index contributed by atoms with van der Waals surface area (Å²) in [6.07, 6.45) is 1.38. The molecule has 3 aromatic rings. The largest absolute Gasteiger partial charge is 0.423 e. The Kier molecular flexibility index (Phi) is 6.68. The Hall–Kier alpha value is -4.26. The lowest BCUT2D eigenvalue weighted by molar-refractivity contribution is -0.136. The van der Waals surface area contributed by atoms with Gasteiger partial charge in [-0.05, 0) is 60.5 Å². The lowest BCUT2D eigenvalue weighted by Crippen LogP contribution is -2.32. The molecule has 0 spiro atoms. The average molecular weight is 401 g/mol. The van der Waals surface area contributed by atoms with Crippen LogP contribution in [0.5, 0.6) is 5.75 Å². The Bertz CT molecular complexity index is 1080. The van der Waals surface area contributed by atoms with Crippen molar-refractivity contribution in [2.75, 3.05) is 5.32 Å². The number of amides is 2. The summed E-state index contributed by atoms with van der Waals surface area (Å²) in [7, 11) is 0. The van der Waals surface area contributed by atoms with Gasteiger partial charge in [0.05, 0.1) is 11.8 Å². The van der Waals surface area contributed by atoms with Crippen molar-refractivity contribution in [2.24, 2.45) is 5.10 Å². The maximum atomic E-state index is 12.2. The number of aryl methyl sites for hydroxylation is 1. The quantitative estimate of drug-likeness (QED) is 0.225. The number of benzene rings is 3. The monoisotopic (exact) mass is 401 g/mol. The van der Waals surface area contributed by atoms with Gasteiger partial charge in [0.2, 0.25) is 0 Å². The molecule has 3 rings (SSSR count). The van der Waals surface area contributed by atoms with Gasteiger partial charge in [0.25, 0.3) is 0 Å². The fourth-order valence-corrected chi connectivity index (χ4v) is 2.51. The average Bonchev–Trinajstić information content (AvgIpc) is 2.76. The molecule has 3 aromatic carbocycles. The van der Waals surface area contributed by atoms with E-state index in [0.29, 0.717) is 22.6 Å². The zero-order valence-electron chi connectivity index (χ0n) is 16.2. The van der Waals surface area contributed by atoms with Crippen molar-refractivity contribution in [3.05, 3.63) is 95.6 Å². The maximum Gasteiger partial charge on any atom is 0.343 e. The molecule has 0 aromatic heterocycles. The zero-order valence-corrected chi connectivity index (χ0v) is 16.2. The summed E-state index contributed by atoms with van der Waals surface area (Å²) in [4.78, 5) is 35.8. The number of carbonyl (C=O) groups excluding carboxylic acids is 3. The first-order valence-electron chi connectivity index (χ1n) is 9.10. The molecule has 2 N–H and O–H groups in total. The zero-order chi connectivity index (χ0) is 21.3. The molecular weight excluding hydrogens is 382 g/mol.